The molecule has 1 atom stereocenters. The summed E-state index contributed by atoms with van der Waals surface area (Å²) in [5.74, 6) is -0.450. The normalized spacial score (nSPS) is 11.3. The molecule has 5 nitrogen and oxygen atoms in total. The van der Waals surface area contributed by atoms with Crippen molar-refractivity contribution in [3.05, 3.63) is 65.5 Å². The summed E-state index contributed by atoms with van der Waals surface area (Å²) in [6.07, 6.45) is -1.01. The van der Waals surface area contributed by atoms with Crippen LogP contribution in [0.4, 0.5) is 14.9 Å². The maximum absolute atomic E-state index is 13.0. The zero-order valence-corrected chi connectivity index (χ0v) is 11.6. The molecule has 112 valence electrons. The molecule has 2 rings (SSSR count). The molecule has 0 aliphatic heterocycles. The minimum atomic E-state index is -1.01. The lowest BCUT2D eigenvalue weighted by atomic mass is 10.1. The molecule has 0 heterocycles. The van der Waals surface area contributed by atoms with Crippen molar-refractivity contribution in [1.29, 1.82) is 5.26 Å². The molecular formula is C16H14FN3O2. The number of aliphatic hydroxyl groups is 1. The molecule has 0 saturated carbocycles. The Labute approximate surface area is 127 Å². The van der Waals surface area contributed by atoms with Crippen LogP contribution < -0.4 is 10.6 Å². The first-order valence-electron chi connectivity index (χ1n) is 6.57. The van der Waals surface area contributed by atoms with Gasteiger partial charge in [-0.1, -0.05) is 18.2 Å². The van der Waals surface area contributed by atoms with Crippen LogP contribution in [0.2, 0.25) is 0 Å². The molecule has 0 aromatic heterocycles. The molecule has 0 radical (unpaired) electrons. The monoisotopic (exact) mass is 299 g/mol. The van der Waals surface area contributed by atoms with Gasteiger partial charge in [0.05, 0.1) is 17.7 Å². The van der Waals surface area contributed by atoms with Crippen molar-refractivity contribution in [1.82, 2.24) is 5.32 Å². The Morgan fingerprint density at radius 2 is 2.05 bits per heavy atom. The summed E-state index contributed by atoms with van der Waals surface area (Å²) >= 11 is 0. The first-order chi connectivity index (χ1) is 10.6. The smallest absolute Gasteiger partial charge is 0.319 e. The van der Waals surface area contributed by atoms with Gasteiger partial charge in [-0.3, -0.25) is 0 Å². The fourth-order valence-electron chi connectivity index (χ4n) is 1.86. The second-order valence-electron chi connectivity index (χ2n) is 4.60. The quantitative estimate of drug-likeness (QED) is 0.811. The molecule has 0 fully saturated rings. The van der Waals surface area contributed by atoms with E-state index in [0.29, 0.717) is 16.8 Å². The lowest BCUT2D eigenvalue weighted by Gasteiger charge is -2.13. The van der Waals surface area contributed by atoms with Crippen molar-refractivity contribution in [2.24, 2.45) is 0 Å². The van der Waals surface area contributed by atoms with Crippen molar-refractivity contribution in [2.75, 3.05) is 11.9 Å². The van der Waals surface area contributed by atoms with Gasteiger partial charge in [-0.2, -0.15) is 5.26 Å². The van der Waals surface area contributed by atoms with Gasteiger partial charge >= 0.3 is 6.03 Å². The molecule has 0 spiro atoms. The Hall–Kier alpha value is -2.91. The molecule has 0 unspecified atom stereocenters. The van der Waals surface area contributed by atoms with E-state index in [1.54, 1.807) is 24.3 Å². The third-order valence-electron chi connectivity index (χ3n) is 2.94. The number of anilines is 1. The Bertz CT molecular complexity index is 713. The number of urea groups is 1. The summed E-state index contributed by atoms with van der Waals surface area (Å²) in [7, 11) is 0. The summed E-state index contributed by atoms with van der Waals surface area (Å²) in [4.78, 5) is 11.7. The van der Waals surface area contributed by atoms with Crippen molar-refractivity contribution in [2.45, 2.75) is 6.10 Å². The first-order valence-corrected chi connectivity index (χ1v) is 6.57. The number of benzene rings is 2. The summed E-state index contributed by atoms with van der Waals surface area (Å²) in [6, 6.07) is 13.4. The van der Waals surface area contributed by atoms with E-state index in [0.717, 1.165) is 0 Å². The van der Waals surface area contributed by atoms with E-state index in [1.165, 1.54) is 24.3 Å². The van der Waals surface area contributed by atoms with E-state index < -0.39 is 18.0 Å². The maximum Gasteiger partial charge on any atom is 0.319 e. The van der Waals surface area contributed by atoms with Crippen molar-refractivity contribution in [3.63, 3.8) is 0 Å². The molecule has 2 aromatic rings. The first kappa shape index (κ1) is 15.5. The van der Waals surface area contributed by atoms with Crippen LogP contribution >= 0.6 is 0 Å². The summed E-state index contributed by atoms with van der Waals surface area (Å²) in [5.41, 5.74) is 1.28. The number of carbonyl (C=O) groups is 1. The van der Waals surface area contributed by atoms with Crippen LogP contribution in [0.5, 0.6) is 0 Å². The van der Waals surface area contributed by atoms with Gasteiger partial charge in [-0.15, -0.1) is 0 Å². The number of nitrogens with zero attached hydrogens (tertiary/aromatic N) is 1. The number of amides is 2. The van der Waals surface area contributed by atoms with Crippen LogP contribution in [0.15, 0.2) is 48.5 Å². The van der Waals surface area contributed by atoms with E-state index in [-0.39, 0.29) is 6.54 Å². The van der Waals surface area contributed by atoms with Crippen LogP contribution in [0.3, 0.4) is 0 Å². The van der Waals surface area contributed by atoms with Crippen LogP contribution in [0.25, 0.3) is 0 Å². The minimum absolute atomic E-state index is 0.0623. The van der Waals surface area contributed by atoms with E-state index >= 15 is 0 Å². The average molecular weight is 299 g/mol. The fourth-order valence-corrected chi connectivity index (χ4v) is 1.86. The zero-order valence-electron chi connectivity index (χ0n) is 11.6. The van der Waals surface area contributed by atoms with Crippen LogP contribution in [-0.2, 0) is 0 Å². The topological polar surface area (TPSA) is 85.2 Å². The zero-order chi connectivity index (χ0) is 15.9. The highest BCUT2D eigenvalue weighted by Crippen LogP contribution is 2.13. The lowest BCUT2D eigenvalue weighted by Crippen LogP contribution is -2.32. The fraction of sp³-hybridized carbons (Fsp3) is 0.125. The van der Waals surface area contributed by atoms with Gasteiger partial charge in [0.25, 0.3) is 0 Å². The third kappa shape index (κ3) is 4.30. The third-order valence-corrected chi connectivity index (χ3v) is 2.94. The largest absolute Gasteiger partial charge is 0.387 e. The highest BCUT2D eigenvalue weighted by Gasteiger charge is 2.10. The number of carbonyl (C=O) groups excluding carboxylic acids is 1. The Balaban J connectivity index is 1.88. The summed E-state index contributed by atoms with van der Waals surface area (Å²) in [6.45, 7) is -0.0623. The van der Waals surface area contributed by atoms with E-state index in [2.05, 4.69) is 10.6 Å². The highest BCUT2D eigenvalue weighted by atomic mass is 19.1. The number of aliphatic hydroxyl groups excluding tert-OH is 1. The van der Waals surface area contributed by atoms with Crippen molar-refractivity contribution in [3.8, 4) is 6.07 Å². The standard InChI is InChI=1S/C16H14FN3O2/c17-13-5-2-4-12(8-13)15(21)10-19-16(22)20-14-6-1-3-11(7-14)9-18/h1-8,15,21H,10H2,(H2,19,20,22)/t15-/m1/s1. The van der Waals surface area contributed by atoms with Gasteiger partial charge < -0.3 is 15.7 Å². The van der Waals surface area contributed by atoms with E-state index in [1.807, 2.05) is 6.07 Å². The summed E-state index contributed by atoms with van der Waals surface area (Å²) in [5, 5.41) is 23.7. The average Bonchev–Trinajstić information content (AvgIpc) is 2.52. The number of nitrogens with one attached hydrogen (secondary N) is 2. The van der Waals surface area contributed by atoms with Gasteiger partial charge in [0.1, 0.15) is 5.82 Å². The highest BCUT2D eigenvalue weighted by molar-refractivity contribution is 5.89. The summed E-state index contributed by atoms with van der Waals surface area (Å²) < 4.78 is 13.0. The van der Waals surface area contributed by atoms with Crippen LogP contribution in [-0.4, -0.2) is 17.7 Å². The van der Waals surface area contributed by atoms with Crippen LogP contribution in [0.1, 0.15) is 17.2 Å². The van der Waals surface area contributed by atoms with E-state index in [9.17, 15) is 14.3 Å². The predicted molar refractivity (Wildman–Crippen MR) is 79.5 cm³/mol. The maximum atomic E-state index is 13.0. The van der Waals surface area contributed by atoms with Gasteiger partial charge in [0.15, 0.2) is 0 Å². The predicted octanol–water partition coefficient (Wildman–Crippen LogP) is 2.55. The molecule has 2 aromatic carbocycles. The number of nitriles is 1. The van der Waals surface area contributed by atoms with E-state index in [4.69, 9.17) is 5.26 Å². The van der Waals surface area contributed by atoms with Gasteiger partial charge in [0.2, 0.25) is 0 Å². The number of rotatable bonds is 4. The van der Waals surface area contributed by atoms with Gasteiger partial charge in [-0.25, -0.2) is 9.18 Å². The van der Waals surface area contributed by atoms with Crippen molar-refractivity contribution < 1.29 is 14.3 Å². The Kier molecular flexibility index (Phi) is 5.07. The van der Waals surface area contributed by atoms with Gasteiger partial charge in [0, 0.05) is 12.2 Å². The molecule has 3 N–H and O–H groups in total. The molecular weight excluding hydrogens is 285 g/mol. The Morgan fingerprint density at radius 3 is 2.77 bits per heavy atom. The molecule has 0 bridgehead atoms. The van der Waals surface area contributed by atoms with Crippen LogP contribution in [0, 0.1) is 17.1 Å². The Morgan fingerprint density at radius 1 is 1.27 bits per heavy atom. The molecule has 2 amide bonds. The SMILES string of the molecule is N#Cc1cccc(NC(=O)NC[C@@H](O)c2cccc(F)c2)c1. The van der Waals surface area contributed by atoms with Gasteiger partial charge in [-0.05, 0) is 35.9 Å². The minimum Gasteiger partial charge on any atom is -0.387 e. The molecule has 6 heteroatoms. The second kappa shape index (κ2) is 7.20. The number of hydrogen-bond acceptors (Lipinski definition) is 3. The molecule has 0 aliphatic carbocycles. The molecule has 22 heavy (non-hydrogen) atoms. The number of halogens is 1. The molecule has 0 aliphatic rings. The second-order valence-corrected chi connectivity index (χ2v) is 4.60. The van der Waals surface area contributed by atoms with Crippen molar-refractivity contribution >= 4 is 11.7 Å². The number of hydrogen-bond donors (Lipinski definition) is 3. The molecule has 0 saturated heterocycles. The lowest BCUT2D eigenvalue weighted by molar-refractivity contribution is 0.174.